The van der Waals surface area contributed by atoms with Gasteiger partial charge in [0.1, 0.15) is 11.6 Å². The zero-order valence-corrected chi connectivity index (χ0v) is 17.4. The second kappa shape index (κ2) is 10.2. The summed E-state index contributed by atoms with van der Waals surface area (Å²) >= 11 is 0. The number of ether oxygens (including phenoxy) is 1. The van der Waals surface area contributed by atoms with Crippen LogP contribution >= 0.6 is 0 Å². The third kappa shape index (κ3) is 6.42. The Morgan fingerprint density at radius 3 is 2.69 bits per heavy atom. The molecule has 0 bridgehead atoms. The van der Waals surface area contributed by atoms with Gasteiger partial charge in [-0.2, -0.15) is 0 Å². The monoisotopic (exact) mass is 399 g/mol. The van der Waals surface area contributed by atoms with Gasteiger partial charge in [-0.15, -0.1) is 0 Å². The highest BCUT2D eigenvalue weighted by Crippen LogP contribution is 2.20. The normalized spacial score (nSPS) is 16.1. The van der Waals surface area contributed by atoms with Crippen molar-refractivity contribution < 1.29 is 9.13 Å². The van der Waals surface area contributed by atoms with Crippen LogP contribution in [-0.4, -0.2) is 48.1 Å². The predicted molar refractivity (Wildman–Crippen MR) is 114 cm³/mol. The van der Waals surface area contributed by atoms with Gasteiger partial charge in [0.25, 0.3) is 0 Å². The Balaban J connectivity index is 1.46. The predicted octanol–water partition coefficient (Wildman–Crippen LogP) is 3.55. The van der Waals surface area contributed by atoms with Gasteiger partial charge >= 0.3 is 0 Å². The molecule has 2 heterocycles. The number of rotatable bonds is 6. The molecule has 0 spiro atoms. The molecule has 0 amide bonds. The molecule has 1 aromatic heterocycles. The van der Waals surface area contributed by atoms with Crippen LogP contribution in [0.4, 0.5) is 4.39 Å². The molecule has 1 aliphatic rings. The highest BCUT2D eigenvalue weighted by atomic mass is 19.1. The highest BCUT2D eigenvalue weighted by molar-refractivity contribution is 5.79. The van der Waals surface area contributed by atoms with Crippen LogP contribution in [0.2, 0.25) is 0 Å². The first-order chi connectivity index (χ1) is 14.0. The molecule has 0 saturated carbocycles. The second-order valence-corrected chi connectivity index (χ2v) is 7.54. The summed E-state index contributed by atoms with van der Waals surface area (Å²) in [7, 11) is 1.78. The van der Waals surface area contributed by atoms with E-state index in [1.54, 1.807) is 31.4 Å². The van der Waals surface area contributed by atoms with Crippen molar-refractivity contribution in [2.24, 2.45) is 4.99 Å². The van der Waals surface area contributed by atoms with E-state index in [-0.39, 0.29) is 5.82 Å². The van der Waals surface area contributed by atoms with E-state index in [9.17, 15) is 4.39 Å². The molecule has 156 valence electrons. The fourth-order valence-electron chi connectivity index (χ4n) is 3.36. The van der Waals surface area contributed by atoms with E-state index in [0.29, 0.717) is 30.3 Å². The van der Waals surface area contributed by atoms with Gasteiger partial charge in [0.2, 0.25) is 5.88 Å². The maximum Gasteiger partial charge on any atom is 0.219 e. The van der Waals surface area contributed by atoms with Crippen molar-refractivity contribution in [3.63, 3.8) is 0 Å². The Bertz CT molecular complexity index is 801. The summed E-state index contributed by atoms with van der Waals surface area (Å²) in [5.74, 6) is 1.32. The van der Waals surface area contributed by atoms with E-state index in [1.807, 2.05) is 6.07 Å². The average Bonchev–Trinajstić information content (AvgIpc) is 2.72. The molecule has 1 aromatic carbocycles. The van der Waals surface area contributed by atoms with Gasteiger partial charge in [-0.05, 0) is 44.4 Å². The van der Waals surface area contributed by atoms with Crippen molar-refractivity contribution in [2.45, 2.75) is 45.3 Å². The lowest BCUT2D eigenvalue weighted by atomic mass is 10.0. The van der Waals surface area contributed by atoms with Gasteiger partial charge in [-0.25, -0.2) is 9.37 Å². The van der Waals surface area contributed by atoms with Gasteiger partial charge in [0.15, 0.2) is 5.96 Å². The summed E-state index contributed by atoms with van der Waals surface area (Å²) in [5.41, 5.74) is 1.01. The number of aliphatic imine (C=N–C) groups is 1. The number of aromatic nitrogens is 1. The number of nitrogens with one attached hydrogen (secondary N) is 2. The molecule has 6 nitrogen and oxygen atoms in total. The van der Waals surface area contributed by atoms with Crippen LogP contribution in [0, 0.1) is 5.82 Å². The summed E-state index contributed by atoms with van der Waals surface area (Å²) < 4.78 is 18.8. The third-order valence-corrected chi connectivity index (χ3v) is 5.10. The number of hydrogen-bond acceptors (Lipinski definition) is 4. The largest absolute Gasteiger partial charge is 0.439 e. The molecule has 3 rings (SSSR count). The lowest BCUT2D eigenvalue weighted by molar-refractivity contribution is 0.167. The van der Waals surface area contributed by atoms with Crippen molar-refractivity contribution in [3.8, 4) is 11.6 Å². The van der Waals surface area contributed by atoms with Crippen LogP contribution in [0.3, 0.4) is 0 Å². The third-order valence-electron chi connectivity index (χ3n) is 5.10. The second-order valence-electron chi connectivity index (χ2n) is 7.54. The fourth-order valence-corrected chi connectivity index (χ4v) is 3.36. The SMILES string of the molecule is CN=C(NCc1ccc(Oc2cccc(F)c2)nc1)NC1CCN(C(C)C)CC1. The van der Waals surface area contributed by atoms with Crippen molar-refractivity contribution >= 4 is 5.96 Å². The van der Waals surface area contributed by atoms with E-state index < -0.39 is 0 Å². The molecule has 2 aromatic rings. The first kappa shape index (κ1) is 21.0. The smallest absolute Gasteiger partial charge is 0.219 e. The summed E-state index contributed by atoms with van der Waals surface area (Å²) in [6.45, 7) is 7.33. The van der Waals surface area contributed by atoms with Gasteiger partial charge in [0.05, 0.1) is 0 Å². The molecular weight excluding hydrogens is 369 g/mol. The lowest BCUT2D eigenvalue weighted by Gasteiger charge is -2.35. The van der Waals surface area contributed by atoms with Crippen LogP contribution in [-0.2, 0) is 6.54 Å². The number of halogens is 1. The Morgan fingerprint density at radius 2 is 2.07 bits per heavy atom. The maximum absolute atomic E-state index is 13.2. The number of piperidine rings is 1. The molecule has 2 N–H and O–H groups in total. The number of hydrogen-bond donors (Lipinski definition) is 2. The Hall–Kier alpha value is -2.67. The summed E-state index contributed by atoms with van der Waals surface area (Å²) in [5, 5.41) is 6.85. The Morgan fingerprint density at radius 1 is 1.28 bits per heavy atom. The Labute approximate surface area is 172 Å². The number of likely N-dealkylation sites (tertiary alicyclic amines) is 1. The van der Waals surface area contributed by atoms with E-state index in [1.165, 1.54) is 12.1 Å². The standard InChI is InChI=1S/C22H30FN5O/c1-16(2)28-11-9-19(10-12-28)27-22(24-3)26-15-17-7-8-21(25-14-17)29-20-6-4-5-18(23)13-20/h4-8,13-14,16,19H,9-12,15H2,1-3H3,(H2,24,26,27). The van der Waals surface area contributed by atoms with Crippen LogP contribution < -0.4 is 15.4 Å². The lowest BCUT2D eigenvalue weighted by Crippen LogP contribution is -2.49. The van der Waals surface area contributed by atoms with Crippen LogP contribution in [0.15, 0.2) is 47.6 Å². The molecule has 0 aliphatic carbocycles. The van der Waals surface area contributed by atoms with Crippen molar-refractivity contribution in [1.29, 1.82) is 0 Å². The summed E-state index contributed by atoms with van der Waals surface area (Å²) in [6.07, 6.45) is 3.98. The first-order valence-electron chi connectivity index (χ1n) is 10.1. The average molecular weight is 400 g/mol. The molecular formula is C22H30FN5O. The highest BCUT2D eigenvalue weighted by Gasteiger charge is 2.21. The molecule has 7 heteroatoms. The van der Waals surface area contributed by atoms with Crippen LogP contribution in [0.1, 0.15) is 32.3 Å². The van der Waals surface area contributed by atoms with Crippen molar-refractivity contribution in [3.05, 3.63) is 54.0 Å². The van der Waals surface area contributed by atoms with Crippen LogP contribution in [0.25, 0.3) is 0 Å². The van der Waals surface area contributed by atoms with E-state index >= 15 is 0 Å². The van der Waals surface area contributed by atoms with Gasteiger partial charge in [0, 0.05) is 57.1 Å². The molecule has 0 unspecified atom stereocenters. The number of pyridine rings is 1. The first-order valence-corrected chi connectivity index (χ1v) is 10.1. The summed E-state index contributed by atoms with van der Waals surface area (Å²) in [6, 6.07) is 10.8. The molecule has 1 fully saturated rings. The minimum Gasteiger partial charge on any atom is -0.439 e. The minimum absolute atomic E-state index is 0.336. The van der Waals surface area contributed by atoms with E-state index in [2.05, 4.69) is 39.4 Å². The molecule has 0 atom stereocenters. The van der Waals surface area contributed by atoms with Gasteiger partial charge in [-0.1, -0.05) is 12.1 Å². The zero-order chi connectivity index (χ0) is 20.6. The number of guanidine groups is 1. The van der Waals surface area contributed by atoms with Gasteiger partial charge in [-0.3, -0.25) is 4.99 Å². The zero-order valence-electron chi connectivity index (χ0n) is 17.4. The van der Waals surface area contributed by atoms with E-state index in [0.717, 1.165) is 37.5 Å². The number of nitrogens with zero attached hydrogens (tertiary/aromatic N) is 3. The number of benzene rings is 1. The molecule has 1 aliphatic heterocycles. The van der Waals surface area contributed by atoms with Crippen LogP contribution in [0.5, 0.6) is 11.6 Å². The molecule has 29 heavy (non-hydrogen) atoms. The minimum atomic E-state index is -0.336. The molecule has 1 saturated heterocycles. The quantitative estimate of drug-likeness (QED) is 0.575. The van der Waals surface area contributed by atoms with Crippen molar-refractivity contribution in [2.75, 3.05) is 20.1 Å². The van der Waals surface area contributed by atoms with Crippen molar-refractivity contribution in [1.82, 2.24) is 20.5 Å². The summed E-state index contributed by atoms with van der Waals surface area (Å²) in [4.78, 5) is 11.1. The topological polar surface area (TPSA) is 61.8 Å². The van der Waals surface area contributed by atoms with E-state index in [4.69, 9.17) is 4.74 Å². The Kier molecular flexibility index (Phi) is 7.41. The fraction of sp³-hybridized carbons (Fsp3) is 0.455. The maximum atomic E-state index is 13.2. The molecule has 0 radical (unpaired) electrons. The van der Waals surface area contributed by atoms with Gasteiger partial charge < -0.3 is 20.3 Å².